The number of sulfonamides is 1. The summed E-state index contributed by atoms with van der Waals surface area (Å²) in [5, 5.41) is 0. The minimum atomic E-state index is -4.09. The second-order valence-electron chi connectivity index (χ2n) is 9.88. The first-order valence-electron chi connectivity index (χ1n) is 11.1. The molecule has 9 nitrogen and oxygen atoms in total. The number of rotatable bonds is 9. The molecule has 0 aliphatic carbocycles. The number of carbonyl (C=O) groups is 1. The molecule has 0 N–H and O–H groups in total. The van der Waals surface area contributed by atoms with E-state index < -0.39 is 41.1 Å². The molecule has 1 amide bonds. The average Bonchev–Trinajstić information content (AvgIpc) is 3.00. The van der Waals surface area contributed by atoms with E-state index in [9.17, 15) is 17.8 Å². The van der Waals surface area contributed by atoms with Crippen LogP contribution in [-0.4, -0.2) is 55.6 Å². The summed E-state index contributed by atoms with van der Waals surface area (Å²) >= 11 is 0. The van der Waals surface area contributed by atoms with E-state index in [1.165, 1.54) is 12.1 Å². The van der Waals surface area contributed by atoms with Gasteiger partial charge in [0.25, 0.3) is 10.0 Å². The van der Waals surface area contributed by atoms with Crippen LogP contribution in [0.25, 0.3) is 0 Å². The van der Waals surface area contributed by atoms with Crippen LogP contribution in [0, 0.1) is 0 Å². The van der Waals surface area contributed by atoms with Crippen LogP contribution in [-0.2, 0) is 33.0 Å². The van der Waals surface area contributed by atoms with Crippen LogP contribution < -0.4 is 4.90 Å². The fraction of sp³-hybridized carbons (Fsp3) is 0.682. The summed E-state index contributed by atoms with van der Waals surface area (Å²) in [6.45, 7) is 15.6. The van der Waals surface area contributed by atoms with Gasteiger partial charge in [0.2, 0.25) is 5.91 Å². The van der Waals surface area contributed by atoms with E-state index >= 15 is 0 Å². The number of carbonyl (C=O) groups excluding carboxylic acids is 1. The van der Waals surface area contributed by atoms with Crippen LogP contribution in [0.1, 0.15) is 61.8 Å². The molecular formula is C22H37N2O7PS. The van der Waals surface area contributed by atoms with E-state index in [-0.39, 0.29) is 17.9 Å². The van der Waals surface area contributed by atoms with Gasteiger partial charge in [0, 0.05) is 18.8 Å². The molecule has 188 valence electrons. The Bertz CT molecular complexity index is 957. The summed E-state index contributed by atoms with van der Waals surface area (Å²) in [6, 6.07) is 6.41. The number of anilines is 1. The van der Waals surface area contributed by atoms with Gasteiger partial charge in [-0.1, -0.05) is 0 Å². The van der Waals surface area contributed by atoms with Crippen molar-refractivity contribution in [2.45, 2.75) is 84.0 Å². The zero-order valence-electron chi connectivity index (χ0n) is 20.8. The first-order valence-corrected chi connectivity index (χ1v) is 14.0. The van der Waals surface area contributed by atoms with E-state index in [1.807, 2.05) is 13.8 Å². The number of phosphoric acid groups is 1. The minimum Gasteiger partial charge on any atom is -0.372 e. The first-order chi connectivity index (χ1) is 15.0. The molecule has 0 saturated carbocycles. The molecule has 1 aliphatic heterocycles. The zero-order chi connectivity index (χ0) is 25.2. The van der Waals surface area contributed by atoms with Gasteiger partial charge in [-0.05, 0) is 79.7 Å². The van der Waals surface area contributed by atoms with Crippen molar-refractivity contribution in [1.82, 2.24) is 4.31 Å². The van der Waals surface area contributed by atoms with Gasteiger partial charge >= 0.3 is 7.82 Å². The van der Waals surface area contributed by atoms with Crippen LogP contribution in [0.2, 0.25) is 0 Å². The largest absolute Gasteiger partial charge is 0.476 e. The van der Waals surface area contributed by atoms with Gasteiger partial charge in [-0.15, -0.1) is 0 Å². The molecule has 1 aromatic carbocycles. The highest BCUT2D eigenvalue weighted by Gasteiger charge is 2.45. The highest BCUT2D eigenvalue weighted by Crippen LogP contribution is 2.57. The van der Waals surface area contributed by atoms with Gasteiger partial charge in [0.1, 0.15) is 0 Å². The lowest BCUT2D eigenvalue weighted by molar-refractivity contribution is -0.123. The highest BCUT2D eigenvalue weighted by atomic mass is 32.2. The molecule has 11 heteroatoms. The lowest BCUT2D eigenvalue weighted by atomic mass is 10.2. The van der Waals surface area contributed by atoms with Gasteiger partial charge in [0.05, 0.1) is 35.2 Å². The van der Waals surface area contributed by atoms with Crippen molar-refractivity contribution in [3.63, 3.8) is 0 Å². The molecule has 33 heavy (non-hydrogen) atoms. The predicted molar refractivity (Wildman–Crippen MR) is 128 cm³/mol. The summed E-state index contributed by atoms with van der Waals surface area (Å²) in [6.07, 6.45) is -1.21. The van der Waals surface area contributed by atoms with Gasteiger partial charge in [-0.25, -0.2) is 17.3 Å². The molecule has 1 saturated heterocycles. The minimum absolute atomic E-state index is 0.00692. The second kappa shape index (κ2) is 10.0. The van der Waals surface area contributed by atoms with Crippen molar-refractivity contribution >= 4 is 29.4 Å². The van der Waals surface area contributed by atoms with Gasteiger partial charge in [0.15, 0.2) is 0 Å². The molecule has 1 aliphatic rings. The third kappa shape index (κ3) is 7.52. The average molecular weight is 505 g/mol. The molecule has 1 fully saturated rings. The Labute approximate surface area is 198 Å². The molecule has 1 heterocycles. The van der Waals surface area contributed by atoms with Crippen LogP contribution >= 0.6 is 7.82 Å². The number of nitrogens with zero attached hydrogens (tertiary/aromatic N) is 2. The molecule has 2 rings (SSSR count). The van der Waals surface area contributed by atoms with Crippen molar-refractivity contribution in [1.29, 1.82) is 0 Å². The fourth-order valence-corrected chi connectivity index (χ4v) is 6.82. The quantitative estimate of drug-likeness (QED) is 0.451. The Morgan fingerprint density at radius 3 is 1.91 bits per heavy atom. The number of benzene rings is 1. The molecule has 1 atom stereocenters. The zero-order valence-corrected chi connectivity index (χ0v) is 22.5. The normalized spacial score (nSPS) is 18.1. The maximum atomic E-state index is 13.3. The highest BCUT2D eigenvalue weighted by molar-refractivity contribution is 7.89. The Morgan fingerprint density at radius 2 is 1.48 bits per heavy atom. The summed E-state index contributed by atoms with van der Waals surface area (Å²) in [5.41, 5.74) is -0.795. The third-order valence-corrected chi connectivity index (χ3v) is 8.55. The maximum Gasteiger partial charge on any atom is 0.476 e. The van der Waals surface area contributed by atoms with Crippen LogP contribution in [0.4, 0.5) is 5.69 Å². The Hall–Kier alpha value is -1.45. The fourth-order valence-electron chi connectivity index (χ4n) is 3.41. The molecule has 0 bridgehead atoms. The van der Waals surface area contributed by atoms with Crippen molar-refractivity contribution in [3.8, 4) is 0 Å². The number of phosphoric ester groups is 1. The summed E-state index contributed by atoms with van der Waals surface area (Å²) in [7, 11) is -8.18. The Kier molecular flexibility index (Phi) is 8.45. The van der Waals surface area contributed by atoms with E-state index in [0.29, 0.717) is 0 Å². The lowest BCUT2D eigenvalue weighted by Crippen LogP contribution is -2.33. The topological polar surface area (TPSA) is 102 Å². The molecule has 1 aromatic rings. The van der Waals surface area contributed by atoms with Crippen molar-refractivity contribution in [2.24, 2.45) is 0 Å². The van der Waals surface area contributed by atoms with E-state index in [1.54, 1.807) is 53.7 Å². The Balaban J connectivity index is 2.23. The maximum absolute atomic E-state index is 13.3. The van der Waals surface area contributed by atoms with Gasteiger partial charge < -0.3 is 4.90 Å². The van der Waals surface area contributed by atoms with Crippen molar-refractivity contribution in [2.75, 3.05) is 24.5 Å². The summed E-state index contributed by atoms with van der Waals surface area (Å²) in [4.78, 5) is 14.7. The molecule has 0 spiro atoms. The summed E-state index contributed by atoms with van der Waals surface area (Å²) < 4.78 is 57.2. The molecular weight excluding hydrogens is 467 g/mol. The predicted octanol–water partition coefficient (Wildman–Crippen LogP) is 4.58. The van der Waals surface area contributed by atoms with E-state index in [2.05, 4.69) is 4.90 Å². The SMILES string of the molecule is CCN(CC)c1ccc(S(=O)(=O)N2CC(OP(=O)(OC(C)(C)C)OC(C)(C)C)CC2=O)cc1. The second-order valence-corrected chi connectivity index (χ2v) is 13.2. The van der Waals surface area contributed by atoms with Gasteiger partial charge in [-0.2, -0.15) is 0 Å². The molecule has 0 aromatic heterocycles. The van der Waals surface area contributed by atoms with Crippen LogP contribution in [0.3, 0.4) is 0 Å². The first kappa shape index (κ1) is 27.8. The van der Waals surface area contributed by atoms with E-state index in [4.69, 9.17) is 13.6 Å². The number of hydrogen-bond acceptors (Lipinski definition) is 8. The summed E-state index contributed by atoms with van der Waals surface area (Å²) in [5.74, 6) is -0.633. The standard InChI is InChI=1S/C22H37N2O7PS/c1-9-23(10-2)17-11-13-19(14-12-17)33(27,28)24-16-18(15-20(24)25)29-32(26,30-21(3,4)5)31-22(6,7)8/h11-14,18H,9-10,15-16H2,1-8H3. The van der Waals surface area contributed by atoms with Crippen molar-refractivity contribution in [3.05, 3.63) is 24.3 Å². The molecule has 0 radical (unpaired) electrons. The monoisotopic (exact) mass is 504 g/mol. The van der Waals surface area contributed by atoms with E-state index in [0.717, 1.165) is 23.1 Å². The lowest BCUT2D eigenvalue weighted by Gasteiger charge is -2.32. The third-order valence-electron chi connectivity index (χ3n) is 4.65. The molecule has 1 unspecified atom stereocenters. The number of amides is 1. The smallest absolute Gasteiger partial charge is 0.372 e. The van der Waals surface area contributed by atoms with Gasteiger partial charge in [-0.3, -0.25) is 18.4 Å². The van der Waals surface area contributed by atoms with Crippen LogP contribution in [0.5, 0.6) is 0 Å². The number of hydrogen-bond donors (Lipinski definition) is 0. The van der Waals surface area contributed by atoms with Crippen molar-refractivity contribution < 1.29 is 31.3 Å². The van der Waals surface area contributed by atoms with Crippen LogP contribution in [0.15, 0.2) is 29.2 Å². The Morgan fingerprint density at radius 1 is 1.00 bits per heavy atom.